The number of ether oxygens (including phenoxy) is 2. The second-order valence-corrected chi connectivity index (χ2v) is 4.77. The van der Waals surface area contributed by atoms with Crippen molar-refractivity contribution in [2.24, 2.45) is 0 Å². The van der Waals surface area contributed by atoms with Crippen LogP contribution in [-0.4, -0.2) is 33.4 Å². The first kappa shape index (κ1) is 13.3. The Labute approximate surface area is 113 Å². The summed E-state index contributed by atoms with van der Waals surface area (Å²) < 4.78 is 10.5. The fourth-order valence-corrected chi connectivity index (χ4v) is 2.37. The first-order valence-corrected chi connectivity index (χ1v) is 6.51. The molecule has 1 aliphatic heterocycles. The van der Waals surface area contributed by atoms with E-state index in [-0.39, 0.29) is 0 Å². The minimum Gasteiger partial charge on any atom is -0.493 e. The van der Waals surface area contributed by atoms with E-state index in [1.807, 2.05) is 6.07 Å². The van der Waals surface area contributed by atoms with Gasteiger partial charge in [-0.2, -0.15) is 0 Å². The molecule has 1 heterocycles. The van der Waals surface area contributed by atoms with Gasteiger partial charge in [-0.25, -0.2) is 0 Å². The van der Waals surface area contributed by atoms with Gasteiger partial charge < -0.3 is 20.1 Å². The van der Waals surface area contributed by atoms with Crippen LogP contribution in [-0.2, 0) is 0 Å². The van der Waals surface area contributed by atoms with E-state index in [4.69, 9.17) is 21.1 Å². The molecule has 2 rings (SSSR count). The van der Waals surface area contributed by atoms with Crippen molar-refractivity contribution in [1.82, 2.24) is 5.32 Å². The van der Waals surface area contributed by atoms with Crippen molar-refractivity contribution >= 4 is 17.3 Å². The molecular weight excluding hydrogens is 252 g/mol. The summed E-state index contributed by atoms with van der Waals surface area (Å²) in [6, 6.07) is 4.16. The molecule has 0 amide bonds. The molecule has 0 aromatic heterocycles. The second-order valence-electron chi connectivity index (χ2n) is 4.36. The van der Waals surface area contributed by atoms with Crippen LogP contribution in [0.5, 0.6) is 11.5 Å². The van der Waals surface area contributed by atoms with E-state index in [1.165, 1.54) is 12.8 Å². The van der Waals surface area contributed by atoms with Crippen molar-refractivity contribution in [2.75, 3.05) is 32.6 Å². The Morgan fingerprint density at radius 2 is 2.06 bits per heavy atom. The summed E-state index contributed by atoms with van der Waals surface area (Å²) in [5.41, 5.74) is 0.878. The van der Waals surface area contributed by atoms with E-state index >= 15 is 0 Å². The van der Waals surface area contributed by atoms with Gasteiger partial charge in [-0.1, -0.05) is 11.6 Å². The molecule has 1 atom stereocenters. The molecule has 18 heavy (non-hydrogen) atoms. The smallest absolute Gasteiger partial charge is 0.162 e. The van der Waals surface area contributed by atoms with Crippen LogP contribution >= 0.6 is 11.6 Å². The van der Waals surface area contributed by atoms with Crippen molar-refractivity contribution in [3.63, 3.8) is 0 Å². The van der Waals surface area contributed by atoms with Gasteiger partial charge in [0.1, 0.15) is 0 Å². The fraction of sp³-hybridized carbons (Fsp3) is 0.538. The molecule has 5 heteroatoms. The van der Waals surface area contributed by atoms with Crippen molar-refractivity contribution in [1.29, 1.82) is 0 Å². The van der Waals surface area contributed by atoms with Crippen molar-refractivity contribution in [3.05, 3.63) is 17.2 Å². The zero-order chi connectivity index (χ0) is 13.0. The molecule has 1 aromatic carbocycles. The summed E-state index contributed by atoms with van der Waals surface area (Å²) in [6.07, 6.45) is 2.45. The summed E-state index contributed by atoms with van der Waals surface area (Å²) in [5, 5.41) is 7.43. The van der Waals surface area contributed by atoms with Crippen LogP contribution in [0.2, 0.25) is 5.02 Å². The van der Waals surface area contributed by atoms with Gasteiger partial charge in [-0.05, 0) is 19.4 Å². The van der Waals surface area contributed by atoms with Crippen LogP contribution in [0.4, 0.5) is 5.69 Å². The first-order chi connectivity index (χ1) is 8.74. The number of halogens is 1. The molecule has 0 saturated carbocycles. The average Bonchev–Trinajstić information content (AvgIpc) is 2.90. The lowest BCUT2D eigenvalue weighted by molar-refractivity contribution is 0.355. The minimum absolute atomic E-state index is 0.522. The quantitative estimate of drug-likeness (QED) is 0.863. The summed E-state index contributed by atoms with van der Waals surface area (Å²) in [4.78, 5) is 0. The monoisotopic (exact) mass is 270 g/mol. The fourth-order valence-electron chi connectivity index (χ4n) is 2.15. The summed E-state index contributed by atoms with van der Waals surface area (Å²) >= 11 is 6.20. The molecule has 2 N–H and O–H groups in total. The van der Waals surface area contributed by atoms with Crippen LogP contribution < -0.4 is 20.1 Å². The van der Waals surface area contributed by atoms with Crippen LogP contribution in [0.15, 0.2) is 12.1 Å². The number of hydrogen-bond acceptors (Lipinski definition) is 4. The van der Waals surface area contributed by atoms with Crippen LogP contribution in [0.25, 0.3) is 0 Å². The van der Waals surface area contributed by atoms with E-state index in [0.717, 1.165) is 18.8 Å². The van der Waals surface area contributed by atoms with Gasteiger partial charge in [0.05, 0.1) is 24.9 Å². The molecule has 1 saturated heterocycles. The molecule has 0 radical (unpaired) electrons. The third-order valence-corrected chi connectivity index (χ3v) is 3.49. The van der Waals surface area contributed by atoms with E-state index in [9.17, 15) is 0 Å². The molecule has 4 nitrogen and oxygen atoms in total. The summed E-state index contributed by atoms with van der Waals surface area (Å²) in [7, 11) is 3.22. The third kappa shape index (κ3) is 3.00. The predicted octanol–water partition coefficient (Wildman–Crippen LogP) is 2.52. The number of anilines is 1. The number of rotatable bonds is 5. The Morgan fingerprint density at radius 3 is 2.67 bits per heavy atom. The zero-order valence-corrected chi connectivity index (χ0v) is 11.5. The van der Waals surface area contributed by atoms with Gasteiger partial charge in [0.25, 0.3) is 0 Å². The second kappa shape index (κ2) is 6.16. The molecule has 1 aromatic rings. The average molecular weight is 271 g/mol. The summed E-state index contributed by atoms with van der Waals surface area (Å²) in [6.45, 7) is 1.97. The predicted molar refractivity (Wildman–Crippen MR) is 74.1 cm³/mol. The molecule has 0 aliphatic carbocycles. The highest BCUT2D eigenvalue weighted by Crippen LogP contribution is 2.36. The zero-order valence-electron chi connectivity index (χ0n) is 10.8. The normalized spacial score (nSPS) is 18.7. The molecule has 100 valence electrons. The van der Waals surface area contributed by atoms with Crippen LogP contribution in [0, 0.1) is 0 Å². The Hall–Kier alpha value is -1.13. The van der Waals surface area contributed by atoms with E-state index in [0.29, 0.717) is 22.6 Å². The number of benzene rings is 1. The van der Waals surface area contributed by atoms with Crippen LogP contribution in [0.3, 0.4) is 0 Å². The Morgan fingerprint density at radius 1 is 1.33 bits per heavy atom. The van der Waals surface area contributed by atoms with Crippen LogP contribution in [0.1, 0.15) is 12.8 Å². The Kier molecular flexibility index (Phi) is 4.55. The summed E-state index contributed by atoms with van der Waals surface area (Å²) in [5.74, 6) is 1.33. The number of nitrogens with one attached hydrogen (secondary N) is 2. The molecule has 1 unspecified atom stereocenters. The van der Waals surface area contributed by atoms with Gasteiger partial charge in [0.15, 0.2) is 11.5 Å². The van der Waals surface area contributed by atoms with Gasteiger partial charge in [-0.3, -0.25) is 0 Å². The maximum atomic E-state index is 6.20. The van der Waals surface area contributed by atoms with Gasteiger partial charge in [0, 0.05) is 24.7 Å². The maximum Gasteiger partial charge on any atom is 0.162 e. The number of methoxy groups -OCH3 is 2. The highest BCUT2D eigenvalue weighted by atomic mass is 35.5. The van der Waals surface area contributed by atoms with E-state index < -0.39 is 0 Å². The lowest BCUT2D eigenvalue weighted by Gasteiger charge is -2.16. The standard InChI is InChI=1S/C13H19ClN2O2/c1-17-12-6-10(14)11(7-13(12)18-2)16-8-9-4-3-5-15-9/h6-7,9,15-16H,3-5,8H2,1-2H3. The van der Waals surface area contributed by atoms with E-state index in [1.54, 1.807) is 20.3 Å². The topological polar surface area (TPSA) is 42.5 Å². The molecule has 0 spiro atoms. The third-order valence-electron chi connectivity index (χ3n) is 3.17. The van der Waals surface area contributed by atoms with E-state index in [2.05, 4.69) is 10.6 Å². The van der Waals surface area contributed by atoms with Crippen molar-refractivity contribution < 1.29 is 9.47 Å². The molecule has 1 aliphatic rings. The molecule has 1 fully saturated rings. The molecular formula is C13H19ClN2O2. The largest absolute Gasteiger partial charge is 0.493 e. The minimum atomic E-state index is 0.522. The maximum absolute atomic E-state index is 6.20. The van der Waals surface area contributed by atoms with Crippen molar-refractivity contribution in [2.45, 2.75) is 18.9 Å². The lowest BCUT2D eigenvalue weighted by atomic mass is 10.2. The molecule has 0 bridgehead atoms. The Balaban J connectivity index is 2.06. The van der Waals surface area contributed by atoms with Crippen molar-refractivity contribution in [3.8, 4) is 11.5 Å². The first-order valence-electron chi connectivity index (χ1n) is 6.13. The SMILES string of the molecule is COc1cc(Cl)c(NCC2CCCN2)cc1OC. The van der Waals surface area contributed by atoms with Gasteiger partial charge in [0.2, 0.25) is 0 Å². The Bertz CT molecular complexity index is 406. The van der Waals surface area contributed by atoms with Gasteiger partial charge >= 0.3 is 0 Å². The lowest BCUT2D eigenvalue weighted by Crippen LogP contribution is -2.29. The highest BCUT2D eigenvalue weighted by Gasteiger charge is 2.15. The number of hydrogen-bond donors (Lipinski definition) is 2. The van der Waals surface area contributed by atoms with Gasteiger partial charge in [-0.15, -0.1) is 0 Å². The highest BCUT2D eigenvalue weighted by molar-refractivity contribution is 6.33.